The van der Waals surface area contributed by atoms with Crippen molar-refractivity contribution >= 4 is 21.7 Å². The zero-order valence-electron chi connectivity index (χ0n) is 10.6. The third kappa shape index (κ3) is 2.29. The van der Waals surface area contributed by atoms with Crippen LogP contribution in [0.15, 0.2) is 34.8 Å². The van der Waals surface area contributed by atoms with E-state index in [0.717, 1.165) is 37.0 Å². The van der Waals surface area contributed by atoms with Gasteiger partial charge in [0.25, 0.3) is 0 Å². The highest BCUT2D eigenvalue weighted by Crippen LogP contribution is 2.26. The Hall–Kier alpha value is -1.55. The average Bonchev–Trinajstić information content (AvgIpc) is 2.84. The summed E-state index contributed by atoms with van der Waals surface area (Å²) in [6, 6.07) is 7.48. The predicted octanol–water partition coefficient (Wildman–Crippen LogP) is 4.45. The first kappa shape index (κ1) is 13.4. The number of fused-ring (bicyclic) bond motifs is 1. The van der Waals surface area contributed by atoms with E-state index in [1.54, 1.807) is 12.1 Å². The van der Waals surface area contributed by atoms with E-state index >= 15 is 0 Å². The standard InChI is InChI=1S/C16H11BrF2O/c17-12-7-13(18)15(14(19)8-12)16(20)11-5-4-9-2-1-3-10(9)6-11/h4-8H,1-3H2. The van der Waals surface area contributed by atoms with Crippen LogP contribution in [0, 0.1) is 11.6 Å². The van der Waals surface area contributed by atoms with Crippen molar-refractivity contribution in [2.75, 3.05) is 0 Å². The van der Waals surface area contributed by atoms with Crippen molar-refractivity contribution in [3.63, 3.8) is 0 Å². The summed E-state index contributed by atoms with van der Waals surface area (Å²) < 4.78 is 27.9. The van der Waals surface area contributed by atoms with Gasteiger partial charge in [-0.2, -0.15) is 0 Å². The van der Waals surface area contributed by atoms with Crippen LogP contribution in [0.1, 0.15) is 33.5 Å². The molecule has 0 bridgehead atoms. The minimum Gasteiger partial charge on any atom is -0.288 e. The molecule has 0 fully saturated rings. The van der Waals surface area contributed by atoms with Crippen molar-refractivity contribution in [2.45, 2.75) is 19.3 Å². The highest BCUT2D eigenvalue weighted by atomic mass is 79.9. The summed E-state index contributed by atoms with van der Waals surface area (Å²) in [5.74, 6) is -2.30. The minimum atomic E-state index is -0.845. The first-order valence-electron chi connectivity index (χ1n) is 6.37. The van der Waals surface area contributed by atoms with Gasteiger partial charge in [0.2, 0.25) is 0 Å². The van der Waals surface area contributed by atoms with Crippen molar-refractivity contribution in [2.24, 2.45) is 0 Å². The van der Waals surface area contributed by atoms with Gasteiger partial charge in [-0.3, -0.25) is 4.79 Å². The second-order valence-corrected chi connectivity index (χ2v) is 5.83. The van der Waals surface area contributed by atoms with Crippen LogP contribution < -0.4 is 0 Å². The van der Waals surface area contributed by atoms with Gasteiger partial charge in [-0.05, 0) is 48.6 Å². The molecule has 0 spiro atoms. The summed E-state index contributed by atoms with van der Waals surface area (Å²) in [6.07, 6.45) is 2.99. The van der Waals surface area contributed by atoms with Crippen LogP contribution >= 0.6 is 15.9 Å². The number of ketones is 1. The maximum atomic E-state index is 13.8. The van der Waals surface area contributed by atoms with Crippen LogP contribution in [0.3, 0.4) is 0 Å². The third-order valence-corrected chi connectivity index (χ3v) is 4.05. The highest BCUT2D eigenvalue weighted by molar-refractivity contribution is 9.10. The number of hydrogen-bond donors (Lipinski definition) is 0. The number of halogens is 3. The molecule has 0 heterocycles. The summed E-state index contributed by atoms with van der Waals surface area (Å²) in [5.41, 5.74) is 2.17. The molecule has 3 rings (SSSR count). The SMILES string of the molecule is O=C(c1ccc2c(c1)CCC2)c1c(F)cc(Br)cc1F. The fourth-order valence-corrected chi connectivity index (χ4v) is 3.02. The van der Waals surface area contributed by atoms with E-state index in [2.05, 4.69) is 15.9 Å². The molecule has 0 unspecified atom stereocenters. The van der Waals surface area contributed by atoms with Crippen LogP contribution in [-0.4, -0.2) is 5.78 Å². The molecule has 4 heteroatoms. The second-order valence-electron chi connectivity index (χ2n) is 4.91. The zero-order valence-corrected chi connectivity index (χ0v) is 12.1. The lowest BCUT2D eigenvalue weighted by molar-refractivity contribution is 0.103. The van der Waals surface area contributed by atoms with Crippen molar-refractivity contribution in [3.05, 3.63) is 68.7 Å². The number of rotatable bonds is 2. The summed E-state index contributed by atoms with van der Waals surface area (Å²) in [6.45, 7) is 0. The molecule has 0 atom stereocenters. The molecule has 102 valence electrons. The Morgan fingerprint density at radius 2 is 1.65 bits per heavy atom. The Morgan fingerprint density at radius 3 is 2.35 bits per heavy atom. The highest BCUT2D eigenvalue weighted by Gasteiger charge is 2.21. The molecular weight excluding hydrogens is 326 g/mol. The van der Waals surface area contributed by atoms with Gasteiger partial charge in [0.1, 0.15) is 11.6 Å². The second kappa shape index (κ2) is 5.09. The first-order chi connectivity index (χ1) is 9.56. The molecule has 0 N–H and O–H groups in total. The van der Waals surface area contributed by atoms with Gasteiger partial charge in [-0.25, -0.2) is 8.78 Å². The molecular formula is C16H11BrF2O. The molecule has 1 nitrogen and oxygen atoms in total. The first-order valence-corrected chi connectivity index (χ1v) is 7.16. The molecule has 2 aromatic carbocycles. The van der Waals surface area contributed by atoms with Crippen LogP contribution in [0.2, 0.25) is 0 Å². The minimum absolute atomic E-state index is 0.276. The molecule has 0 aromatic heterocycles. The Kier molecular flexibility index (Phi) is 3.42. The summed E-state index contributed by atoms with van der Waals surface area (Å²) in [5, 5.41) is 0. The van der Waals surface area contributed by atoms with Gasteiger partial charge in [0.05, 0.1) is 5.56 Å². The Bertz CT molecular complexity index is 687. The van der Waals surface area contributed by atoms with E-state index in [0.29, 0.717) is 5.56 Å². The van der Waals surface area contributed by atoms with Crippen LogP contribution in [0.25, 0.3) is 0 Å². The van der Waals surface area contributed by atoms with Gasteiger partial charge in [-0.15, -0.1) is 0 Å². The number of hydrogen-bond acceptors (Lipinski definition) is 1. The molecule has 0 saturated carbocycles. The number of carbonyl (C=O) groups excluding carboxylic acids is 1. The van der Waals surface area contributed by atoms with E-state index in [4.69, 9.17) is 0 Å². The summed E-state index contributed by atoms with van der Waals surface area (Å²) >= 11 is 3.00. The summed E-state index contributed by atoms with van der Waals surface area (Å²) in [4.78, 5) is 12.3. The van der Waals surface area contributed by atoms with Crippen LogP contribution in [0.4, 0.5) is 8.78 Å². The molecule has 1 aliphatic carbocycles. The van der Waals surface area contributed by atoms with Gasteiger partial charge < -0.3 is 0 Å². The van der Waals surface area contributed by atoms with E-state index in [9.17, 15) is 13.6 Å². The van der Waals surface area contributed by atoms with Crippen molar-refractivity contribution < 1.29 is 13.6 Å². The number of aryl methyl sites for hydroxylation is 2. The van der Waals surface area contributed by atoms with E-state index in [-0.39, 0.29) is 4.47 Å². The monoisotopic (exact) mass is 336 g/mol. The van der Waals surface area contributed by atoms with E-state index in [1.165, 1.54) is 5.56 Å². The maximum absolute atomic E-state index is 13.8. The van der Waals surface area contributed by atoms with Crippen LogP contribution in [-0.2, 0) is 12.8 Å². The Morgan fingerprint density at radius 1 is 1.00 bits per heavy atom. The van der Waals surface area contributed by atoms with Gasteiger partial charge in [0, 0.05) is 10.0 Å². The Labute approximate surface area is 123 Å². The average molecular weight is 337 g/mol. The molecule has 1 aliphatic rings. The van der Waals surface area contributed by atoms with Gasteiger partial charge >= 0.3 is 0 Å². The lowest BCUT2D eigenvalue weighted by Crippen LogP contribution is -2.08. The topological polar surface area (TPSA) is 17.1 Å². The zero-order chi connectivity index (χ0) is 14.3. The molecule has 0 radical (unpaired) electrons. The fraction of sp³-hybridized carbons (Fsp3) is 0.188. The third-order valence-electron chi connectivity index (χ3n) is 3.59. The van der Waals surface area contributed by atoms with Gasteiger partial charge in [0.15, 0.2) is 5.78 Å². The largest absolute Gasteiger partial charge is 0.288 e. The van der Waals surface area contributed by atoms with E-state index in [1.807, 2.05) is 6.07 Å². The lowest BCUT2D eigenvalue weighted by atomic mass is 9.98. The predicted molar refractivity (Wildman–Crippen MR) is 76.0 cm³/mol. The number of benzene rings is 2. The quantitative estimate of drug-likeness (QED) is 0.740. The van der Waals surface area contributed by atoms with Crippen molar-refractivity contribution in [3.8, 4) is 0 Å². The fourth-order valence-electron chi connectivity index (χ4n) is 2.62. The normalized spacial score (nSPS) is 13.3. The molecule has 0 amide bonds. The number of carbonyl (C=O) groups is 1. The van der Waals surface area contributed by atoms with Gasteiger partial charge in [-0.1, -0.05) is 28.1 Å². The lowest BCUT2D eigenvalue weighted by Gasteiger charge is -2.07. The smallest absolute Gasteiger partial charge is 0.198 e. The van der Waals surface area contributed by atoms with E-state index < -0.39 is 23.0 Å². The molecule has 2 aromatic rings. The Balaban J connectivity index is 2.05. The maximum Gasteiger partial charge on any atom is 0.198 e. The van der Waals surface area contributed by atoms with Crippen molar-refractivity contribution in [1.29, 1.82) is 0 Å². The molecule has 0 saturated heterocycles. The summed E-state index contributed by atoms with van der Waals surface area (Å²) in [7, 11) is 0. The molecule has 0 aliphatic heterocycles. The van der Waals surface area contributed by atoms with Crippen LogP contribution in [0.5, 0.6) is 0 Å². The van der Waals surface area contributed by atoms with Crippen molar-refractivity contribution in [1.82, 2.24) is 0 Å². The molecule has 20 heavy (non-hydrogen) atoms.